The molecule has 5 aliphatic carbocycles. The maximum Gasteiger partial charge on any atom is 0.220 e. The van der Waals surface area contributed by atoms with Gasteiger partial charge in [0.2, 0.25) is 5.78 Å². The SMILES string of the molecule is CC#CC#CC#CS.COC1=CC2[C@@H]3C=C4C=CC(=O)C(O)=C4[C@]2(CCN3C)CC1=O.COC1=CC2[C@@H]3[C@H](Sc4ccc(F)cc4)c4ccc(O)c(O)c4[C@]2(CCN3C)CC1=O. The highest BCUT2D eigenvalue weighted by atomic mass is 32.2. The molecular formula is C49H47FN2O8S2. The molecule has 62 heavy (non-hydrogen) atoms. The van der Waals surface area contributed by atoms with Gasteiger partial charge in [-0.1, -0.05) is 36.8 Å². The van der Waals surface area contributed by atoms with Crippen molar-refractivity contribution in [1.82, 2.24) is 9.80 Å². The molecule has 0 aromatic heterocycles. The number of aliphatic hydroxyl groups is 1. The van der Waals surface area contributed by atoms with E-state index in [0.717, 1.165) is 35.5 Å². The molecule has 320 valence electrons. The minimum Gasteiger partial charge on any atom is -0.504 e. The summed E-state index contributed by atoms with van der Waals surface area (Å²) in [4.78, 5) is 42.8. The van der Waals surface area contributed by atoms with Gasteiger partial charge < -0.3 is 29.7 Å². The van der Waals surface area contributed by atoms with Gasteiger partial charge in [0.25, 0.3) is 0 Å². The van der Waals surface area contributed by atoms with E-state index in [1.165, 1.54) is 38.5 Å². The minimum absolute atomic E-state index is 0.0223. The lowest BCUT2D eigenvalue weighted by atomic mass is 9.53. The molecule has 13 heteroatoms. The molecule has 0 radical (unpaired) electrons. The summed E-state index contributed by atoms with van der Waals surface area (Å²) in [6.07, 6.45) is 11.0. The van der Waals surface area contributed by atoms with Gasteiger partial charge in [0.1, 0.15) is 5.82 Å². The van der Waals surface area contributed by atoms with Crippen molar-refractivity contribution in [2.24, 2.45) is 17.3 Å². The van der Waals surface area contributed by atoms with Crippen LogP contribution in [0.2, 0.25) is 0 Å². The van der Waals surface area contributed by atoms with Gasteiger partial charge in [-0.3, -0.25) is 19.3 Å². The van der Waals surface area contributed by atoms with Crippen molar-refractivity contribution in [1.29, 1.82) is 0 Å². The second-order valence-corrected chi connectivity index (χ2v) is 17.7. The van der Waals surface area contributed by atoms with Gasteiger partial charge in [0.15, 0.2) is 40.3 Å². The van der Waals surface area contributed by atoms with Crippen LogP contribution in [0.4, 0.5) is 4.39 Å². The largest absolute Gasteiger partial charge is 0.504 e. The van der Waals surface area contributed by atoms with Crippen molar-refractivity contribution in [2.45, 2.75) is 60.3 Å². The number of benzene rings is 2. The quantitative estimate of drug-likeness (QED) is 0.148. The van der Waals surface area contributed by atoms with Gasteiger partial charge in [-0.2, -0.15) is 0 Å². The zero-order valence-corrected chi connectivity index (χ0v) is 36.7. The first-order chi connectivity index (χ1) is 29.7. The Kier molecular flexibility index (Phi) is 12.9. The molecule has 2 aromatic carbocycles. The molecule has 0 spiro atoms. The molecule has 4 bridgehead atoms. The molecule has 3 N–H and O–H groups in total. The molecular weight excluding hydrogens is 828 g/mol. The molecule has 7 aliphatic rings. The van der Waals surface area contributed by atoms with Gasteiger partial charge in [-0.05, 0) is 136 Å². The average Bonchev–Trinajstić information content (AvgIpc) is 3.26. The van der Waals surface area contributed by atoms with Crippen molar-refractivity contribution >= 4 is 41.7 Å². The fourth-order valence-electron chi connectivity index (χ4n) is 10.5. The number of ketones is 3. The smallest absolute Gasteiger partial charge is 0.220 e. The molecule has 2 unspecified atom stereocenters. The first-order valence-electron chi connectivity index (χ1n) is 20.1. The Hall–Kier alpha value is -5.62. The number of allylic oxidation sites excluding steroid dienone is 6. The molecule has 9 rings (SSSR count). The number of Topliss-reactive ketones (excluding diaryl/α,β-unsaturated/α-hetero) is 2. The number of likely N-dealkylation sites (N-methyl/N-ethyl adjacent to an activating group) is 2. The van der Waals surface area contributed by atoms with Crippen LogP contribution in [-0.4, -0.2) is 96.0 Å². The number of ether oxygens (including phenoxy) is 2. The standard InChI is InChI=1S/C24H24FNO4S.C18H19NO4.C7H4S/c1-26-10-9-24-12-18(28)19(30-2)11-16(24)21(26)23(31-14-5-3-13(25)4-6-14)15-7-8-17(27)22(29)20(15)24;1-19-6-5-18-9-14(21)15(23-2)8-11(18)12(19)7-10-3-4-13(20)17(22)16(10)18;1-2-3-4-5-6-7-8/h3-8,11,16,21,23,27,29H,9-10,12H2,1-2H3;3-4,7-8,11-12,22H,5-6,9H2,1-2H3;8H,1H3/t16?,21-,23-,24-;11?,12-,18+;/m10./s1. The Morgan fingerprint density at radius 1 is 0.806 bits per heavy atom. The van der Waals surface area contributed by atoms with Gasteiger partial charge in [0.05, 0.1) is 19.5 Å². The van der Waals surface area contributed by atoms with Crippen LogP contribution in [0.5, 0.6) is 11.5 Å². The molecule has 2 heterocycles. The Morgan fingerprint density at radius 3 is 2.10 bits per heavy atom. The van der Waals surface area contributed by atoms with E-state index in [-0.39, 0.29) is 82.4 Å². The van der Waals surface area contributed by atoms with Crippen molar-refractivity contribution in [3.63, 3.8) is 0 Å². The van der Waals surface area contributed by atoms with Crippen LogP contribution in [0, 0.1) is 57.9 Å². The maximum absolute atomic E-state index is 13.5. The second-order valence-electron chi connectivity index (χ2n) is 16.3. The van der Waals surface area contributed by atoms with Crippen LogP contribution in [0.3, 0.4) is 0 Å². The molecule has 2 aliphatic heterocycles. The minimum atomic E-state index is -0.589. The van der Waals surface area contributed by atoms with Crippen LogP contribution in [0.1, 0.15) is 49.0 Å². The number of fused-ring (bicyclic) bond motifs is 2. The Balaban J connectivity index is 0.000000164. The van der Waals surface area contributed by atoms with Crippen molar-refractivity contribution in [2.75, 3.05) is 41.4 Å². The Bertz CT molecular complexity index is 2540. The first kappa shape index (κ1) is 44.4. The number of likely N-dealkylation sites (tertiary alicyclic amines) is 2. The summed E-state index contributed by atoms with van der Waals surface area (Å²) >= 11 is 5.22. The Morgan fingerprint density at radius 2 is 1.44 bits per heavy atom. The van der Waals surface area contributed by atoms with E-state index >= 15 is 0 Å². The fraction of sp³-hybridized carbons (Fsp3) is 0.367. The number of carbonyl (C=O) groups is 3. The summed E-state index contributed by atoms with van der Waals surface area (Å²) < 4.78 is 24.1. The monoisotopic (exact) mass is 874 g/mol. The van der Waals surface area contributed by atoms with Gasteiger partial charge in [-0.15, -0.1) is 11.8 Å². The molecule has 2 fully saturated rings. The maximum atomic E-state index is 13.5. The summed E-state index contributed by atoms with van der Waals surface area (Å²) in [5.41, 5.74) is 2.01. The highest BCUT2D eigenvalue weighted by Crippen LogP contribution is 2.63. The number of aliphatic hydroxyl groups excluding tert-OH is 1. The third-order valence-corrected chi connectivity index (χ3v) is 14.7. The van der Waals surface area contributed by atoms with E-state index in [1.54, 1.807) is 36.9 Å². The van der Waals surface area contributed by atoms with Crippen LogP contribution in [-0.2, 0) is 29.3 Å². The second kappa shape index (κ2) is 18.0. The highest BCUT2D eigenvalue weighted by molar-refractivity contribution is 7.99. The number of halogens is 1. The molecule has 10 nitrogen and oxygen atoms in total. The number of methoxy groups -OCH3 is 2. The van der Waals surface area contributed by atoms with E-state index in [1.807, 2.05) is 18.2 Å². The van der Waals surface area contributed by atoms with Gasteiger partial charge in [0, 0.05) is 63.6 Å². The zero-order chi connectivity index (χ0) is 44.5. The van der Waals surface area contributed by atoms with E-state index < -0.39 is 10.8 Å². The molecule has 7 atom stereocenters. The fourth-order valence-corrected chi connectivity index (χ4v) is 11.9. The number of phenols is 2. The normalized spacial score (nSPS) is 28.8. The molecule has 2 saturated heterocycles. The number of thioether (sulfide) groups is 1. The summed E-state index contributed by atoms with van der Waals surface area (Å²) in [6.45, 7) is 3.31. The van der Waals surface area contributed by atoms with E-state index in [9.17, 15) is 34.1 Å². The van der Waals surface area contributed by atoms with Gasteiger partial charge in [-0.25, -0.2) is 4.39 Å². The summed E-state index contributed by atoms with van der Waals surface area (Å²) in [5.74, 6) is 11.9. The average molecular weight is 875 g/mol. The van der Waals surface area contributed by atoms with E-state index in [0.29, 0.717) is 29.1 Å². The number of thiol groups is 1. The summed E-state index contributed by atoms with van der Waals surface area (Å²) in [6, 6.07) is 9.94. The van der Waals surface area contributed by atoms with Crippen molar-refractivity contribution in [3.05, 3.63) is 112 Å². The lowest BCUT2D eigenvalue weighted by Crippen LogP contribution is -2.61. The number of nitrogens with zero attached hydrogens (tertiary/aromatic N) is 2. The number of hydrogen-bond donors (Lipinski definition) is 4. The topological polar surface area (TPSA) is 137 Å². The van der Waals surface area contributed by atoms with Crippen molar-refractivity contribution in [3.8, 4) is 46.4 Å². The number of phenolic OH excluding ortho intramolecular Hbond substituents is 2. The van der Waals surface area contributed by atoms with E-state index in [4.69, 9.17) is 9.47 Å². The molecule has 0 saturated carbocycles. The number of hydrogen-bond acceptors (Lipinski definition) is 12. The van der Waals surface area contributed by atoms with Crippen molar-refractivity contribution < 1.29 is 43.6 Å². The predicted molar refractivity (Wildman–Crippen MR) is 237 cm³/mol. The van der Waals surface area contributed by atoms with E-state index in [2.05, 4.69) is 77.5 Å². The number of rotatable bonds is 4. The highest BCUT2D eigenvalue weighted by Gasteiger charge is 2.60. The van der Waals surface area contributed by atoms with Gasteiger partial charge >= 0.3 is 0 Å². The van der Waals surface area contributed by atoms with Crippen LogP contribution in [0.25, 0.3) is 0 Å². The third kappa shape index (κ3) is 7.75. The Labute approximate surface area is 371 Å². The zero-order valence-electron chi connectivity index (χ0n) is 35.0. The van der Waals surface area contributed by atoms with Crippen LogP contribution < -0.4 is 0 Å². The number of piperidine rings is 2. The summed E-state index contributed by atoms with van der Waals surface area (Å²) in [5, 5.41) is 34.0. The molecule has 0 amide bonds. The first-order valence-corrected chi connectivity index (χ1v) is 21.5. The number of carbonyl (C=O) groups excluding carboxylic acids is 3. The predicted octanol–water partition coefficient (Wildman–Crippen LogP) is 6.74. The third-order valence-electron chi connectivity index (χ3n) is 13.2. The van der Waals surface area contributed by atoms with Crippen LogP contribution in [0.15, 0.2) is 100 Å². The summed E-state index contributed by atoms with van der Waals surface area (Å²) in [7, 11) is 7.16. The van der Waals surface area contributed by atoms with Crippen LogP contribution >= 0.6 is 24.4 Å². The lowest BCUT2D eigenvalue weighted by Gasteiger charge is -2.58. The number of aromatic hydroxyl groups is 2. The molecule has 2 aromatic rings. The lowest BCUT2D eigenvalue weighted by molar-refractivity contribution is -0.124.